The molecule has 0 bridgehead atoms. The van der Waals surface area contributed by atoms with Crippen LogP contribution in [-0.4, -0.2) is 48.2 Å². The molecule has 1 aliphatic rings. The van der Waals surface area contributed by atoms with Crippen LogP contribution in [0.25, 0.3) is 0 Å². The number of nitrogens with one attached hydrogen (secondary N) is 1. The fourth-order valence-corrected chi connectivity index (χ4v) is 1.60. The molecule has 1 heterocycles. The van der Waals surface area contributed by atoms with Gasteiger partial charge in [0.25, 0.3) is 0 Å². The number of amides is 1. The number of rotatable bonds is 2. The molecule has 1 aliphatic heterocycles. The molecule has 14 heavy (non-hydrogen) atoms. The van der Waals surface area contributed by atoms with Gasteiger partial charge in [-0.15, -0.1) is 0 Å². The molecule has 0 aliphatic carbocycles. The minimum absolute atomic E-state index is 0.0500. The standard InChI is InChI=1S/C10H20N2O2/c1-8-6-11-4-5-12(8)9(14)10(2,3)7-13/h8,11,13H,4-7H2,1-3H3. The maximum absolute atomic E-state index is 12.0. The van der Waals surface area contributed by atoms with Crippen molar-refractivity contribution in [3.05, 3.63) is 0 Å². The Morgan fingerprint density at radius 3 is 2.79 bits per heavy atom. The topological polar surface area (TPSA) is 52.6 Å². The molecular weight excluding hydrogens is 180 g/mol. The Bertz CT molecular complexity index is 216. The van der Waals surface area contributed by atoms with E-state index in [2.05, 4.69) is 5.32 Å². The number of nitrogens with zero attached hydrogens (tertiary/aromatic N) is 1. The van der Waals surface area contributed by atoms with Crippen LogP contribution in [0.5, 0.6) is 0 Å². The molecule has 1 unspecified atom stereocenters. The van der Waals surface area contributed by atoms with Gasteiger partial charge in [0.15, 0.2) is 0 Å². The number of hydrogen-bond acceptors (Lipinski definition) is 3. The van der Waals surface area contributed by atoms with Gasteiger partial charge in [-0.2, -0.15) is 0 Å². The summed E-state index contributed by atoms with van der Waals surface area (Å²) in [6.07, 6.45) is 0. The van der Waals surface area contributed by atoms with Crippen molar-refractivity contribution in [2.45, 2.75) is 26.8 Å². The molecule has 4 nitrogen and oxygen atoms in total. The van der Waals surface area contributed by atoms with E-state index in [1.165, 1.54) is 0 Å². The van der Waals surface area contributed by atoms with Gasteiger partial charge in [0.05, 0.1) is 12.0 Å². The molecule has 0 aromatic heterocycles. The molecule has 0 saturated carbocycles. The average Bonchev–Trinajstić information content (AvgIpc) is 2.17. The summed E-state index contributed by atoms with van der Waals surface area (Å²) in [5.41, 5.74) is -0.647. The molecule has 1 amide bonds. The van der Waals surface area contributed by atoms with E-state index in [-0.39, 0.29) is 18.6 Å². The van der Waals surface area contributed by atoms with Gasteiger partial charge in [0.1, 0.15) is 0 Å². The molecule has 1 saturated heterocycles. The predicted molar refractivity (Wildman–Crippen MR) is 54.9 cm³/mol. The monoisotopic (exact) mass is 200 g/mol. The summed E-state index contributed by atoms with van der Waals surface area (Å²) in [5, 5.41) is 12.4. The zero-order valence-electron chi connectivity index (χ0n) is 9.21. The highest BCUT2D eigenvalue weighted by atomic mass is 16.3. The summed E-state index contributed by atoms with van der Waals surface area (Å²) >= 11 is 0. The van der Waals surface area contributed by atoms with Crippen molar-refractivity contribution in [1.82, 2.24) is 10.2 Å². The maximum atomic E-state index is 12.0. The zero-order valence-corrected chi connectivity index (χ0v) is 9.21. The van der Waals surface area contributed by atoms with Crippen molar-refractivity contribution in [1.29, 1.82) is 0 Å². The molecule has 0 aromatic rings. The van der Waals surface area contributed by atoms with Crippen LogP contribution in [0.1, 0.15) is 20.8 Å². The first-order valence-corrected chi connectivity index (χ1v) is 5.11. The third kappa shape index (κ3) is 2.25. The van der Waals surface area contributed by atoms with E-state index in [9.17, 15) is 4.79 Å². The number of aliphatic hydroxyl groups excluding tert-OH is 1. The second-order valence-corrected chi connectivity index (χ2v) is 4.59. The summed E-state index contributed by atoms with van der Waals surface area (Å²) in [7, 11) is 0. The Hall–Kier alpha value is -0.610. The first-order chi connectivity index (χ1) is 6.49. The highest BCUT2D eigenvalue weighted by Crippen LogP contribution is 2.20. The smallest absolute Gasteiger partial charge is 0.230 e. The first-order valence-electron chi connectivity index (χ1n) is 5.11. The van der Waals surface area contributed by atoms with Crippen molar-refractivity contribution in [3.8, 4) is 0 Å². The Kier molecular flexibility index (Phi) is 3.50. The van der Waals surface area contributed by atoms with Crippen molar-refractivity contribution in [3.63, 3.8) is 0 Å². The number of hydrogen-bond donors (Lipinski definition) is 2. The van der Waals surface area contributed by atoms with Gasteiger partial charge >= 0.3 is 0 Å². The van der Waals surface area contributed by atoms with Crippen molar-refractivity contribution < 1.29 is 9.90 Å². The SMILES string of the molecule is CC1CNCCN1C(=O)C(C)(C)CO. The largest absolute Gasteiger partial charge is 0.395 e. The lowest BCUT2D eigenvalue weighted by Gasteiger charge is -2.38. The van der Waals surface area contributed by atoms with E-state index >= 15 is 0 Å². The van der Waals surface area contributed by atoms with Crippen molar-refractivity contribution in [2.24, 2.45) is 5.41 Å². The molecule has 2 N–H and O–H groups in total. The van der Waals surface area contributed by atoms with Crippen LogP contribution >= 0.6 is 0 Å². The van der Waals surface area contributed by atoms with Gasteiger partial charge in [0, 0.05) is 25.7 Å². The lowest BCUT2D eigenvalue weighted by atomic mass is 9.92. The van der Waals surface area contributed by atoms with Crippen LogP contribution in [0.2, 0.25) is 0 Å². The van der Waals surface area contributed by atoms with E-state index in [1.807, 2.05) is 11.8 Å². The van der Waals surface area contributed by atoms with E-state index in [1.54, 1.807) is 13.8 Å². The van der Waals surface area contributed by atoms with E-state index in [4.69, 9.17) is 5.11 Å². The van der Waals surface area contributed by atoms with Crippen LogP contribution in [0.4, 0.5) is 0 Å². The first kappa shape index (κ1) is 11.5. The molecule has 0 aromatic carbocycles. The third-order valence-corrected chi connectivity index (χ3v) is 2.74. The predicted octanol–water partition coefficient (Wildman–Crippen LogP) is -0.175. The number of piperazine rings is 1. The van der Waals surface area contributed by atoms with Gasteiger partial charge < -0.3 is 15.3 Å². The Morgan fingerprint density at radius 1 is 1.64 bits per heavy atom. The van der Waals surface area contributed by atoms with Gasteiger partial charge in [-0.1, -0.05) is 0 Å². The lowest BCUT2D eigenvalue weighted by molar-refractivity contribution is -0.145. The van der Waals surface area contributed by atoms with E-state index in [0.717, 1.165) is 19.6 Å². The van der Waals surface area contributed by atoms with Gasteiger partial charge in [0.2, 0.25) is 5.91 Å². The van der Waals surface area contributed by atoms with Gasteiger partial charge in [-0.3, -0.25) is 4.79 Å². The lowest BCUT2D eigenvalue weighted by Crippen LogP contribution is -2.56. The molecule has 82 valence electrons. The quantitative estimate of drug-likeness (QED) is 0.650. The van der Waals surface area contributed by atoms with Crippen LogP contribution in [-0.2, 0) is 4.79 Å². The summed E-state index contributed by atoms with van der Waals surface area (Å²) in [5.74, 6) is 0.0500. The van der Waals surface area contributed by atoms with Crippen LogP contribution in [0, 0.1) is 5.41 Å². The fraction of sp³-hybridized carbons (Fsp3) is 0.900. The maximum Gasteiger partial charge on any atom is 0.230 e. The highest BCUT2D eigenvalue weighted by Gasteiger charge is 2.34. The Morgan fingerprint density at radius 2 is 2.29 bits per heavy atom. The molecule has 1 fully saturated rings. The molecular formula is C10H20N2O2. The molecule has 0 radical (unpaired) electrons. The molecule has 1 atom stereocenters. The summed E-state index contributed by atoms with van der Waals surface area (Å²) in [6, 6.07) is 0.224. The van der Waals surface area contributed by atoms with E-state index in [0.29, 0.717) is 0 Å². The van der Waals surface area contributed by atoms with Crippen LogP contribution < -0.4 is 5.32 Å². The molecule has 1 rings (SSSR count). The molecule has 0 spiro atoms. The number of carbonyl (C=O) groups excluding carboxylic acids is 1. The Balaban J connectivity index is 2.67. The number of carbonyl (C=O) groups is 1. The average molecular weight is 200 g/mol. The van der Waals surface area contributed by atoms with Gasteiger partial charge in [-0.25, -0.2) is 0 Å². The summed E-state index contributed by atoms with van der Waals surface area (Å²) in [4.78, 5) is 13.9. The van der Waals surface area contributed by atoms with Crippen LogP contribution in [0.3, 0.4) is 0 Å². The third-order valence-electron chi connectivity index (χ3n) is 2.74. The zero-order chi connectivity index (χ0) is 10.8. The van der Waals surface area contributed by atoms with E-state index < -0.39 is 5.41 Å². The van der Waals surface area contributed by atoms with Gasteiger partial charge in [-0.05, 0) is 20.8 Å². The minimum atomic E-state index is -0.647. The fourth-order valence-electron chi connectivity index (χ4n) is 1.60. The minimum Gasteiger partial charge on any atom is -0.395 e. The highest BCUT2D eigenvalue weighted by molar-refractivity contribution is 5.82. The number of aliphatic hydroxyl groups is 1. The van der Waals surface area contributed by atoms with Crippen molar-refractivity contribution in [2.75, 3.05) is 26.2 Å². The Labute approximate surface area is 85.3 Å². The second kappa shape index (κ2) is 4.28. The normalized spacial score (nSPS) is 23.7. The van der Waals surface area contributed by atoms with Crippen molar-refractivity contribution >= 4 is 5.91 Å². The second-order valence-electron chi connectivity index (χ2n) is 4.59. The molecule has 4 heteroatoms. The van der Waals surface area contributed by atoms with Crippen LogP contribution in [0.15, 0.2) is 0 Å². The summed E-state index contributed by atoms with van der Waals surface area (Å²) in [6.45, 7) is 7.92. The summed E-state index contributed by atoms with van der Waals surface area (Å²) < 4.78 is 0.